The Labute approximate surface area is 63.2 Å². The first-order chi connectivity index (χ1) is 4.86. The van der Waals surface area contributed by atoms with Crippen LogP contribution >= 0.6 is 0 Å². The molecule has 0 aromatic rings. The fourth-order valence-corrected chi connectivity index (χ4v) is 1.62. The molecule has 1 aliphatic heterocycles. The first-order valence-electron chi connectivity index (χ1n) is 4.33. The van der Waals surface area contributed by atoms with Gasteiger partial charge in [0, 0.05) is 18.6 Å². The average molecular weight is 142 g/mol. The summed E-state index contributed by atoms with van der Waals surface area (Å²) in [4.78, 5) is 0. The molecule has 2 nitrogen and oxygen atoms in total. The third-order valence-electron chi connectivity index (χ3n) is 2.35. The van der Waals surface area contributed by atoms with Gasteiger partial charge in [-0.25, -0.2) is 0 Å². The lowest BCUT2D eigenvalue weighted by atomic mass is 9.97. The Hall–Kier alpha value is -0.0800. The van der Waals surface area contributed by atoms with Crippen LogP contribution in [0.4, 0.5) is 0 Å². The molecular weight excluding hydrogens is 124 g/mol. The average Bonchev–Trinajstić information content (AvgIpc) is 2.05. The van der Waals surface area contributed by atoms with Crippen molar-refractivity contribution in [3.05, 3.63) is 0 Å². The molecule has 0 amide bonds. The zero-order valence-corrected chi connectivity index (χ0v) is 6.77. The maximum atomic E-state index is 5.56. The van der Waals surface area contributed by atoms with E-state index in [1.165, 1.54) is 25.7 Å². The van der Waals surface area contributed by atoms with E-state index in [4.69, 9.17) is 5.73 Å². The Morgan fingerprint density at radius 1 is 1.40 bits per heavy atom. The van der Waals surface area contributed by atoms with Gasteiger partial charge in [0.1, 0.15) is 0 Å². The predicted octanol–water partition coefficient (Wildman–Crippen LogP) is 0.866. The minimum absolute atomic E-state index is 0.596. The predicted molar refractivity (Wildman–Crippen MR) is 43.9 cm³/mol. The standard InChI is InChI=1S/C8H18N2/c1-2-7-4-3-5-8(6-9)10-7/h7-8,10H,2-6,9H2,1H3. The van der Waals surface area contributed by atoms with Gasteiger partial charge in [0.05, 0.1) is 0 Å². The summed E-state index contributed by atoms with van der Waals surface area (Å²) in [6, 6.07) is 1.33. The van der Waals surface area contributed by atoms with Crippen LogP contribution in [0, 0.1) is 0 Å². The first kappa shape index (κ1) is 8.02. The van der Waals surface area contributed by atoms with Gasteiger partial charge in [-0.1, -0.05) is 13.3 Å². The summed E-state index contributed by atoms with van der Waals surface area (Å²) >= 11 is 0. The van der Waals surface area contributed by atoms with Crippen molar-refractivity contribution < 1.29 is 0 Å². The van der Waals surface area contributed by atoms with Crippen LogP contribution in [0.15, 0.2) is 0 Å². The molecule has 10 heavy (non-hydrogen) atoms. The SMILES string of the molecule is CCC1CCCC(CN)N1. The highest BCUT2D eigenvalue weighted by molar-refractivity contribution is 4.79. The molecule has 2 heteroatoms. The molecule has 1 aliphatic rings. The summed E-state index contributed by atoms with van der Waals surface area (Å²) in [5.41, 5.74) is 5.56. The maximum Gasteiger partial charge on any atom is 0.0192 e. The largest absolute Gasteiger partial charge is 0.329 e. The molecule has 0 radical (unpaired) electrons. The van der Waals surface area contributed by atoms with Crippen molar-refractivity contribution >= 4 is 0 Å². The topological polar surface area (TPSA) is 38.0 Å². The molecule has 2 atom stereocenters. The molecule has 0 aromatic carbocycles. The summed E-state index contributed by atoms with van der Waals surface area (Å²) in [6.45, 7) is 3.03. The van der Waals surface area contributed by atoms with Crippen LogP contribution in [0.25, 0.3) is 0 Å². The van der Waals surface area contributed by atoms with Crippen LogP contribution in [0.5, 0.6) is 0 Å². The third-order valence-corrected chi connectivity index (χ3v) is 2.35. The number of nitrogens with one attached hydrogen (secondary N) is 1. The lowest BCUT2D eigenvalue weighted by molar-refractivity contribution is 0.318. The van der Waals surface area contributed by atoms with Gasteiger partial charge in [-0.15, -0.1) is 0 Å². The Morgan fingerprint density at radius 3 is 2.70 bits per heavy atom. The smallest absolute Gasteiger partial charge is 0.0192 e. The molecule has 1 saturated heterocycles. The second-order valence-electron chi connectivity index (χ2n) is 3.14. The van der Waals surface area contributed by atoms with E-state index < -0.39 is 0 Å². The quantitative estimate of drug-likeness (QED) is 0.600. The zero-order valence-electron chi connectivity index (χ0n) is 6.77. The van der Waals surface area contributed by atoms with Crippen molar-refractivity contribution in [2.45, 2.75) is 44.7 Å². The van der Waals surface area contributed by atoms with Crippen molar-refractivity contribution in [1.82, 2.24) is 5.32 Å². The summed E-state index contributed by atoms with van der Waals surface area (Å²) in [5, 5.41) is 3.53. The van der Waals surface area contributed by atoms with Crippen molar-refractivity contribution in [2.75, 3.05) is 6.54 Å². The lowest BCUT2D eigenvalue weighted by Gasteiger charge is -2.29. The van der Waals surface area contributed by atoms with Crippen molar-refractivity contribution in [2.24, 2.45) is 5.73 Å². The zero-order chi connectivity index (χ0) is 7.40. The minimum Gasteiger partial charge on any atom is -0.329 e. The molecule has 1 rings (SSSR count). The molecule has 0 aromatic heterocycles. The third kappa shape index (κ3) is 1.96. The normalized spacial score (nSPS) is 34.2. The fraction of sp³-hybridized carbons (Fsp3) is 1.00. The summed E-state index contributed by atoms with van der Waals surface area (Å²) in [7, 11) is 0. The van der Waals surface area contributed by atoms with Gasteiger partial charge in [-0.05, 0) is 19.3 Å². The number of piperidine rings is 1. The van der Waals surface area contributed by atoms with Gasteiger partial charge in [-0.3, -0.25) is 0 Å². The second kappa shape index (κ2) is 3.94. The highest BCUT2D eigenvalue weighted by Crippen LogP contribution is 2.13. The molecule has 0 saturated carbocycles. The van der Waals surface area contributed by atoms with E-state index in [2.05, 4.69) is 12.2 Å². The number of nitrogens with two attached hydrogens (primary N) is 1. The minimum atomic E-state index is 0.596. The van der Waals surface area contributed by atoms with Gasteiger partial charge in [0.2, 0.25) is 0 Å². The molecule has 1 heterocycles. The van der Waals surface area contributed by atoms with Gasteiger partial charge in [-0.2, -0.15) is 0 Å². The molecule has 1 fully saturated rings. The van der Waals surface area contributed by atoms with E-state index in [1.54, 1.807) is 0 Å². The van der Waals surface area contributed by atoms with Gasteiger partial charge in [0.15, 0.2) is 0 Å². The molecule has 0 spiro atoms. The number of hydrogen-bond acceptors (Lipinski definition) is 2. The molecule has 60 valence electrons. The molecule has 2 unspecified atom stereocenters. The lowest BCUT2D eigenvalue weighted by Crippen LogP contribution is -2.45. The van der Waals surface area contributed by atoms with Crippen LogP contribution in [-0.2, 0) is 0 Å². The summed E-state index contributed by atoms with van der Waals surface area (Å²) in [6.07, 6.45) is 5.21. The highest BCUT2D eigenvalue weighted by atomic mass is 15.0. The summed E-state index contributed by atoms with van der Waals surface area (Å²) < 4.78 is 0. The van der Waals surface area contributed by atoms with E-state index in [0.29, 0.717) is 6.04 Å². The number of hydrogen-bond donors (Lipinski definition) is 2. The molecule has 0 aliphatic carbocycles. The van der Waals surface area contributed by atoms with Gasteiger partial charge in [0.25, 0.3) is 0 Å². The second-order valence-corrected chi connectivity index (χ2v) is 3.14. The van der Waals surface area contributed by atoms with Crippen molar-refractivity contribution in [1.29, 1.82) is 0 Å². The van der Waals surface area contributed by atoms with Crippen molar-refractivity contribution in [3.63, 3.8) is 0 Å². The molecule has 3 N–H and O–H groups in total. The van der Waals surface area contributed by atoms with Crippen molar-refractivity contribution in [3.8, 4) is 0 Å². The van der Waals surface area contributed by atoms with E-state index in [9.17, 15) is 0 Å². The van der Waals surface area contributed by atoms with Crippen LogP contribution in [0.1, 0.15) is 32.6 Å². The van der Waals surface area contributed by atoms with E-state index in [0.717, 1.165) is 12.6 Å². The van der Waals surface area contributed by atoms with Crippen LogP contribution < -0.4 is 11.1 Å². The Balaban J connectivity index is 2.25. The number of rotatable bonds is 2. The fourth-order valence-electron chi connectivity index (χ4n) is 1.62. The van der Waals surface area contributed by atoms with E-state index in [-0.39, 0.29) is 0 Å². The van der Waals surface area contributed by atoms with Gasteiger partial charge < -0.3 is 11.1 Å². The summed E-state index contributed by atoms with van der Waals surface area (Å²) in [5.74, 6) is 0. The van der Waals surface area contributed by atoms with E-state index in [1.807, 2.05) is 0 Å². The monoisotopic (exact) mass is 142 g/mol. The molecule has 0 bridgehead atoms. The van der Waals surface area contributed by atoms with E-state index >= 15 is 0 Å². The maximum absolute atomic E-state index is 5.56. The Morgan fingerprint density at radius 2 is 2.10 bits per heavy atom. The Kier molecular flexibility index (Phi) is 3.16. The molecular formula is C8H18N2. The van der Waals surface area contributed by atoms with Crippen LogP contribution in [0.2, 0.25) is 0 Å². The van der Waals surface area contributed by atoms with Crippen LogP contribution in [0.3, 0.4) is 0 Å². The van der Waals surface area contributed by atoms with Gasteiger partial charge >= 0.3 is 0 Å². The first-order valence-corrected chi connectivity index (χ1v) is 4.33. The van der Waals surface area contributed by atoms with Crippen LogP contribution in [-0.4, -0.2) is 18.6 Å². The highest BCUT2D eigenvalue weighted by Gasteiger charge is 2.17. The Bertz CT molecular complexity index is 83.3.